The third-order valence-electron chi connectivity index (χ3n) is 5.87. The molecule has 0 unspecified atom stereocenters. The molecule has 1 aromatic rings. The second kappa shape index (κ2) is 10.6. The smallest absolute Gasteiger partial charge is 0.434 e. The number of hydroxylamine groups is 4. The van der Waals surface area contributed by atoms with Gasteiger partial charge in [-0.05, 0) is 69.4 Å². The Bertz CT molecular complexity index is 978. The summed E-state index contributed by atoms with van der Waals surface area (Å²) in [6.07, 6.45) is -1.48. The molecular weight excluding hydrogens is 468 g/mol. The lowest BCUT2D eigenvalue weighted by Gasteiger charge is -2.42. The number of hydrogen-bond donors (Lipinski definition) is 0. The molecule has 1 amide bonds. The lowest BCUT2D eigenvalue weighted by atomic mass is 9.85. The van der Waals surface area contributed by atoms with Crippen molar-refractivity contribution < 1.29 is 38.3 Å². The van der Waals surface area contributed by atoms with Crippen molar-refractivity contribution in [2.75, 3.05) is 33.4 Å². The van der Waals surface area contributed by atoms with Gasteiger partial charge in [-0.15, -0.1) is 0 Å². The molecule has 1 fully saturated rings. The highest BCUT2D eigenvalue weighted by molar-refractivity contribution is 6.31. The van der Waals surface area contributed by atoms with Gasteiger partial charge in [0.2, 0.25) is 0 Å². The zero-order valence-electron chi connectivity index (χ0n) is 19.9. The second-order valence-corrected chi connectivity index (χ2v) is 8.36. The first kappa shape index (κ1) is 25.8. The van der Waals surface area contributed by atoms with Crippen molar-refractivity contribution in [2.45, 2.75) is 46.1 Å². The van der Waals surface area contributed by atoms with E-state index in [1.165, 1.54) is 0 Å². The summed E-state index contributed by atoms with van der Waals surface area (Å²) in [5.41, 5.74) is 0.771. The van der Waals surface area contributed by atoms with Crippen molar-refractivity contribution in [1.29, 1.82) is 0 Å². The topological polar surface area (TPSA) is 104 Å². The monoisotopic (exact) mass is 496 g/mol. The van der Waals surface area contributed by atoms with Crippen LogP contribution < -0.4 is 0 Å². The van der Waals surface area contributed by atoms with E-state index in [9.17, 15) is 14.4 Å². The average Bonchev–Trinajstić information content (AvgIpc) is 2.97. The molecule has 10 nitrogen and oxygen atoms in total. The molecule has 2 aliphatic rings. The number of hydrogen-bond acceptors (Lipinski definition) is 9. The van der Waals surface area contributed by atoms with Crippen LogP contribution in [-0.4, -0.2) is 67.3 Å². The zero-order valence-corrected chi connectivity index (χ0v) is 20.7. The molecule has 0 atom stereocenters. The van der Waals surface area contributed by atoms with Gasteiger partial charge in [0.25, 0.3) is 5.91 Å². The molecule has 0 aliphatic carbocycles. The quantitative estimate of drug-likeness (QED) is 0.536. The maximum absolute atomic E-state index is 13.8. The Labute approximate surface area is 203 Å². The summed E-state index contributed by atoms with van der Waals surface area (Å²) in [5.74, 6) is -0.573. The van der Waals surface area contributed by atoms with E-state index in [0.29, 0.717) is 34.8 Å². The molecule has 1 saturated heterocycles. The van der Waals surface area contributed by atoms with Crippen LogP contribution in [0, 0.1) is 13.8 Å². The molecule has 2 aliphatic heterocycles. The lowest BCUT2D eigenvalue weighted by Crippen LogP contribution is -2.55. The Morgan fingerprint density at radius 3 is 2.12 bits per heavy atom. The minimum Gasteiger partial charge on any atom is -0.434 e. The first-order valence-electron chi connectivity index (χ1n) is 11.0. The van der Waals surface area contributed by atoms with Gasteiger partial charge in [0, 0.05) is 18.1 Å². The number of ether oxygens (including phenoxy) is 3. The van der Waals surface area contributed by atoms with Crippen molar-refractivity contribution in [3.05, 3.63) is 39.6 Å². The molecule has 1 aromatic carbocycles. The SMILES string of the molecule is CCOC(=O)OC1=C(c2c(C)cc(Cl)cc2C)C(=O)N(OC(=O)OCC)C12CCN(OC)CC2. The predicted molar refractivity (Wildman–Crippen MR) is 121 cm³/mol. The van der Waals surface area contributed by atoms with E-state index in [1.807, 2.05) is 0 Å². The minimum absolute atomic E-state index is 0.0597. The van der Waals surface area contributed by atoms with Crippen LogP contribution in [0.25, 0.3) is 5.57 Å². The summed E-state index contributed by atoms with van der Waals surface area (Å²) in [7, 11) is 1.54. The number of carbonyl (C=O) groups is 3. The average molecular weight is 497 g/mol. The first-order chi connectivity index (χ1) is 16.2. The van der Waals surface area contributed by atoms with Gasteiger partial charge in [-0.1, -0.05) is 11.6 Å². The number of amides is 1. The largest absolute Gasteiger partial charge is 0.533 e. The van der Waals surface area contributed by atoms with Gasteiger partial charge in [0.05, 0.1) is 25.9 Å². The van der Waals surface area contributed by atoms with Crippen LogP contribution in [0.1, 0.15) is 43.4 Å². The van der Waals surface area contributed by atoms with Gasteiger partial charge in [-0.3, -0.25) is 4.79 Å². The van der Waals surface area contributed by atoms with Crippen molar-refractivity contribution >= 4 is 35.4 Å². The van der Waals surface area contributed by atoms with E-state index in [-0.39, 0.29) is 37.4 Å². The van der Waals surface area contributed by atoms with Crippen LogP contribution in [0.3, 0.4) is 0 Å². The molecule has 11 heteroatoms. The standard InChI is InChI=1S/C23H29ClN2O8/c1-6-31-21(28)33-19-18(17-14(3)12-16(24)13-15(17)4)20(27)26(34-22(29)32-7-2)23(19)8-10-25(30-5)11-9-23/h12-13H,6-11H2,1-5H3. The maximum Gasteiger partial charge on any atom is 0.533 e. The highest BCUT2D eigenvalue weighted by atomic mass is 35.5. The van der Waals surface area contributed by atoms with Gasteiger partial charge in [0.15, 0.2) is 5.76 Å². The summed E-state index contributed by atoms with van der Waals surface area (Å²) < 4.78 is 15.6. The fourth-order valence-electron chi connectivity index (χ4n) is 4.44. The third kappa shape index (κ3) is 4.84. The molecule has 3 rings (SSSR count). The van der Waals surface area contributed by atoms with E-state index >= 15 is 0 Å². The predicted octanol–water partition coefficient (Wildman–Crippen LogP) is 4.17. The van der Waals surface area contributed by atoms with E-state index in [1.54, 1.807) is 52.0 Å². The molecule has 0 N–H and O–H groups in total. The Hall–Kier alpha value is -2.82. The second-order valence-electron chi connectivity index (χ2n) is 7.92. The molecule has 1 spiro atoms. The van der Waals surface area contributed by atoms with Crippen molar-refractivity contribution in [1.82, 2.24) is 10.1 Å². The normalized spacial score (nSPS) is 17.8. The van der Waals surface area contributed by atoms with Gasteiger partial charge in [0.1, 0.15) is 5.54 Å². The van der Waals surface area contributed by atoms with E-state index < -0.39 is 23.8 Å². The van der Waals surface area contributed by atoms with Gasteiger partial charge in [-0.2, -0.15) is 10.1 Å². The summed E-state index contributed by atoms with van der Waals surface area (Å²) in [4.78, 5) is 49.4. The Balaban J connectivity index is 2.22. The van der Waals surface area contributed by atoms with E-state index in [0.717, 1.165) is 5.06 Å². The number of nitrogens with zero attached hydrogens (tertiary/aromatic N) is 2. The van der Waals surface area contributed by atoms with Gasteiger partial charge in [-0.25, -0.2) is 9.59 Å². The van der Waals surface area contributed by atoms with Crippen LogP contribution >= 0.6 is 11.6 Å². The van der Waals surface area contributed by atoms with Crippen LogP contribution in [0.15, 0.2) is 17.9 Å². The minimum atomic E-state index is -1.26. The molecule has 0 bridgehead atoms. The highest BCUT2D eigenvalue weighted by Gasteiger charge is 2.58. The summed E-state index contributed by atoms with van der Waals surface area (Å²) >= 11 is 6.21. The molecule has 0 saturated carbocycles. The Kier molecular flexibility index (Phi) is 8.06. The fraction of sp³-hybridized carbons (Fsp3) is 0.522. The van der Waals surface area contributed by atoms with Crippen LogP contribution in [0.4, 0.5) is 9.59 Å². The lowest BCUT2D eigenvalue weighted by molar-refractivity contribution is -0.216. The van der Waals surface area contributed by atoms with E-state index in [4.69, 9.17) is 35.5 Å². The zero-order chi connectivity index (χ0) is 25.0. The van der Waals surface area contributed by atoms with Crippen LogP contribution in [0.5, 0.6) is 0 Å². The van der Waals surface area contributed by atoms with Crippen LogP contribution in [-0.2, 0) is 28.7 Å². The number of aryl methyl sites for hydroxylation is 2. The summed E-state index contributed by atoms with van der Waals surface area (Å²) in [6, 6.07) is 3.42. The molecule has 2 heterocycles. The Morgan fingerprint density at radius 2 is 1.59 bits per heavy atom. The third-order valence-corrected chi connectivity index (χ3v) is 6.09. The molecule has 34 heavy (non-hydrogen) atoms. The van der Waals surface area contributed by atoms with Crippen molar-refractivity contribution in [3.8, 4) is 0 Å². The van der Waals surface area contributed by atoms with Gasteiger partial charge < -0.3 is 23.9 Å². The summed E-state index contributed by atoms with van der Waals surface area (Å²) in [5, 5.41) is 3.17. The van der Waals surface area contributed by atoms with Gasteiger partial charge >= 0.3 is 12.3 Å². The fourth-order valence-corrected chi connectivity index (χ4v) is 4.76. The molecule has 0 aromatic heterocycles. The highest BCUT2D eigenvalue weighted by Crippen LogP contribution is 2.48. The first-order valence-corrected chi connectivity index (χ1v) is 11.4. The number of rotatable bonds is 6. The summed E-state index contributed by atoms with van der Waals surface area (Å²) in [6.45, 7) is 7.78. The number of benzene rings is 1. The molecular formula is C23H29ClN2O8. The van der Waals surface area contributed by atoms with E-state index in [2.05, 4.69) is 0 Å². The number of halogens is 1. The maximum atomic E-state index is 13.8. The Morgan fingerprint density at radius 1 is 1.03 bits per heavy atom. The van der Waals surface area contributed by atoms with Crippen molar-refractivity contribution in [3.63, 3.8) is 0 Å². The molecule has 0 radical (unpaired) electrons. The number of carbonyl (C=O) groups excluding carboxylic acids is 3. The number of piperidine rings is 1. The molecule has 186 valence electrons. The van der Waals surface area contributed by atoms with Crippen molar-refractivity contribution in [2.24, 2.45) is 0 Å². The van der Waals surface area contributed by atoms with Crippen LogP contribution in [0.2, 0.25) is 5.02 Å².